The number of nitrogens with zero attached hydrogens (tertiary/aromatic N) is 3. The fourth-order valence-electron chi connectivity index (χ4n) is 4.46. The summed E-state index contributed by atoms with van der Waals surface area (Å²) < 4.78 is 28.4. The fraction of sp³-hybridized carbons (Fsp3) is 0.444. The van der Waals surface area contributed by atoms with Crippen molar-refractivity contribution >= 4 is 32.9 Å². The first kappa shape index (κ1) is 27.1. The van der Waals surface area contributed by atoms with Gasteiger partial charge in [0.15, 0.2) is 0 Å². The predicted molar refractivity (Wildman–Crippen MR) is 142 cm³/mol. The van der Waals surface area contributed by atoms with Gasteiger partial charge >= 0.3 is 6.09 Å². The number of piperidine rings is 1. The number of aromatic nitrogens is 2. The van der Waals surface area contributed by atoms with Gasteiger partial charge < -0.3 is 19.5 Å². The van der Waals surface area contributed by atoms with Crippen molar-refractivity contribution in [2.24, 2.45) is 5.92 Å². The van der Waals surface area contributed by atoms with Gasteiger partial charge in [-0.1, -0.05) is 15.9 Å². The standard InChI is InChI=1S/C27H31BrFN3O5/c1-27(2,3)37-26(35)31-10-4-5-17(15-31)16-32-24(20-8-7-19(14-22(20)29)36-12-11-33)30-23-9-6-18(28)13-21(23)25(32)34/h6-9,13-14,17,33H,4-5,10-12,15-16H2,1-3H3. The first-order valence-electron chi connectivity index (χ1n) is 12.3. The van der Waals surface area contributed by atoms with Crippen LogP contribution in [0.4, 0.5) is 9.18 Å². The number of carbonyl (C=O) groups is 1. The Morgan fingerprint density at radius 3 is 2.73 bits per heavy atom. The minimum Gasteiger partial charge on any atom is -0.491 e. The summed E-state index contributed by atoms with van der Waals surface area (Å²) in [7, 11) is 0. The largest absolute Gasteiger partial charge is 0.491 e. The highest BCUT2D eigenvalue weighted by molar-refractivity contribution is 9.10. The van der Waals surface area contributed by atoms with Crippen LogP contribution in [0.1, 0.15) is 33.6 Å². The Kier molecular flexibility index (Phi) is 8.18. The zero-order valence-corrected chi connectivity index (χ0v) is 22.8. The van der Waals surface area contributed by atoms with E-state index in [0.29, 0.717) is 24.0 Å². The third-order valence-electron chi connectivity index (χ3n) is 6.07. The Morgan fingerprint density at radius 2 is 2.03 bits per heavy atom. The molecule has 1 unspecified atom stereocenters. The van der Waals surface area contributed by atoms with Crippen molar-refractivity contribution < 1.29 is 23.8 Å². The Morgan fingerprint density at radius 1 is 1.24 bits per heavy atom. The predicted octanol–water partition coefficient (Wildman–Crippen LogP) is 4.98. The molecule has 0 aliphatic carbocycles. The summed E-state index contributed by atoms with van der Waals surface area (Å²) >= 11 is 3.42. The van der Waals surface area contributed by atoms with Crippen LogP contribution in [0.2, 0.25) is 0 Å². The molecule has 0 radical (unpaired) electrons. The van der Waals surface area contributed by atoms with E-state index in [2.05, 4.69) is 20.9 Å². The topological polar surface area (TPSA) is 93.9 Å². The number of carbonyl (C=O) groups excluding carboxylic acids is 1. The van der Waals surface area contributed by atoms with Gasteiger partial charge in [0.1, 0.15) is 29.6 Å². The highest BCUT2D eigenvalue weighted by Gasteiger charge is 2.29. The molecule has 2 aromatic carbocycles. The van der Waals surface area contributed by atoms with Gasteiger partial charge in [0, 0.05) is 30.2 Å². The number of benzene rings is 2. The number of likely N-dealkylation sites (tertiary alicyclic amines) is 1. The lowest BCUT2D eigenvalue weighted by Gasteiger charge is -2.34. The van der Waals surface area contributed by atoms with Crippen LogP contribution in [0.5, 0.6) is 5.75 Å². The molecule has 1 N–H and O–H groups in total. The SMILES string of the molecule is CC(C)(C)OC(=O)N1CCCC(Cn2c(-c3ccc(OCCO)cc3F)nc3ccc(Br)cc3c2=O)C1. The summed E-state index contributed by atoms with van der Waals surface area (Å²) in [6.07, 6.45) is 1.19. The second kappa shape index (κ2) is 11.2. The minimum atomic E-state index is -0.603. The maximum Gasteiger partial charge on any atom is 0.410 e. The lowest BCUT2D eigenvalue weighted by Crippen LogP contribution is -2.44. The second-order valence-electron chi connectivity index (χ2n) is 10.2. The van der Waals surface area contributed by atoms with E-state index in [9.17, 15) is 9.59 Å². The van der Waals surface area contributed by atoms with Gasteiger partial charge in [-0.15, -0.1) is 0 Å². The highest BCUT2D eigenvalue weighted by atomic mass is 79.9. The molecule has 1 aromatic heterocycles. The molecule has 4 rings (SSSR count). The van der Waals surface area contributed by atoms with E-state index in [1.807, 2.05) is 20.8 Å². The monoisotopic (exact) mass is 575 g/mol. The van der Waals surface area contributed by atoms with Gasteiger partial charge in [-0.25, -0.2) is 14.2 Å². The zero-order valence-electron chi connectivity index (χ0n) is 21.2. The van der Waals surface area contributed by atoms with Crippen molar-refractivity contribution in [1.82, 2.24) is 14.5 Å². The van der Waals surface area contributed by atoms with Crippen molar-refractivity contribution in [3.63, 3.8) is 0 Å². The van der Waals surface area contributed by atoms with E-state index in [1.54, 1.807) is 29.2 Å². The number of aliphatic hydroxyl groups excluding tert-OH is 1. The van der Waals surface area contributed by atoms with E-state index >= 15 is 4.39 Å². The highest BCUT2D eigenvalue weighted by Crippen LogP contribution is 2.28. The molecule has 1 saturated heterocycles. The van der Waals surface area contributed by atoms with Crippen molar-refractivity contribution in [2.45, 2.75) is 45.8 Å². The fourth-order valence-corrected chi connectivity index (χ4v) is 4.82. The molecule has 10 heteroatoms. The van der Waals surface area contributed by atoms with E-state index < -0.39 is 11.4 Å². The Balaban J connectivity index is 1.72. The normalized spacial score (nSPS) is 16.2. The van der Waals surface area contributed by atoms with Crippen molar-refractivity contribution in [3.8, 4) is 17.1 Å². The molecule has 1 aliphatic rings. The summed E-state index contributed by atoms with van der Waals surface area (Å²) in [5, 5.41) is 9.40. The Bertz CT molecular complexity index is 1350. The van der Waals surface area contributed by atoms with Crippen LogP contribution in [0.3, 0.4) is 0 Å². The third kappa shape index (κ3) is 6.48. The second-order valence-corrected chi connectivity index (χ2v) is 11.1. The van der Waals surface area contributed by atoms with Crippen molar-refractivity contribution in [2.75, 3.05) is 26.3 Å². The van der Waals surface area contributed by atoms with Crippen LogP contribution < -0.4 is 10.3 Å². The van der Waals surface area contributed by atoms with Crippen LogP contribution in [-0.4, -0.2) is 57.6 Å². The van der Waals surface area contributed by atoms with Crippen LogP contribution in [0.15, 0.2) is 45.7 Å². The van der Waals surface area contributed by atoms with E-state index in [1.165, 1.54) is 16.7 Å². The first-order valence-corrected chi connectivity index (χ1v) is 13.1. The number of halogens is 2. The van der Waals surface area contributed by atoms with Gasteiger partial charge in [-0.2, -0.15) is 0 Å². The molecular weight excluding hydrogens is 545 g/mol. The first-order chi connectivity index (χ1) is 17.6. The van der Waals surface area contributed by atoms with E-state index in [0.717, 1.165) is 17.3 Å². The molecule has 3 aromatic rings. The Hall–Kier alpha value is -2.98. The third-order valence-corrected chi connectivity index (χ3v) is 6.56. The number of hydrogen-bond acceptors (Lipinski definition) is 6. The van der Waals surface area contributed by atoms with Crippen LogP contribution >= 0.6 is 15.9 Å². The number of hydrogen-bond donors (Lipinski definition) is 1. The lowest BCUT2D eigenvalue weighted by atomic mass is 9.98. The Labute approximate surface area is 223 Å². The molecule has 2 heterocycles. The summed E-state index contributed by atoms with van der Waals surface area (Å²) in [6.45, 7) is 6.61. The van der Waals surface area contributed by atoms with Gasteiger partial charge in [0.25, 0.3) is 5.56 Å². The lowest BCUT2D eigenvalue weighted by molar-refractivity contribution is 0.0157. The van der Waals surface area contributed by atoms with Crippen LogP contribution in [-0.2, 0) is 11.3 Å². The molecule has 1 fully saturated rings. The minimum absolute atomic E-state index is 0.0423. The molecule has 1 amide bonds. The molecule has 0 bridgehead atoms. The molecule has 0 saturated carbocycles. The van der Waals surface area contributed by atoms with Gasteiger partial charge in [0.05, 0.1) is 23.1 Å². The average molecular weight is 576 g/mol. The van der Waals surface area contributed by atoms with Gasteiger partial charge in [-0.05, 0) is 69.9 Å². The maximum absolute atomic E-state index is 15.3. The van der Waals surface area contributed by atoms with Gasteiger partial charge in [0.2, 0.25) is 0 Å². The molecule has 0 spiro atoms. The molecule has 1 aliphatic heterocycles. The van der Waals surface area contributed by atoms with Gasteiger partial charge in [-0.3, -0.25) is 9.36 Å². The summed E-state index contributed by atoms with van der Waals surface area (Å²) in [6, 6.07) is 9.54. The summed E-state index contributed by atoms with van der Waals surface area (Å²) in [4.78, 5) is 32.7. The zero-order chi connectivity index (χ0) is 26.7. The van der Waals surface area contributed by atoms with Crippen LogP contribution in [0, 0.1) is 11.7 Å². The number of aliphatic hydroxyl groups is 1. The van der Waals surface area contributed by atoms with E-state index in [4.69, 9.17) is 14.6 Å². The number of fused-ring (bicyclic) bond motifs is 1. The molecule has 1 atom stereocenters. The van der Waals surface area contributed by atoms with Crippen LogP contribution in [0.25, 0.3) is 22.3 Å². The van der Waals surface area contributed by atoms with Crippen molar-refractivity contribution in [1.29, 1.82) is 0 Å². The molecule has 198 valence electrons. The molecular formula is C27H31BrFN3O5. The summed E-state index contributed by atoms with van der Waals surface area (Å²) in [5.41, 5.74) is -0.263. The molecule has 8 nitrogen and oxygen atoms in total. The summed E-state index contributed by atoms with van der Waals surface area (Å²) in [5.74, 6) is -0.152. The number of rotatable bonds is 6. The molecule has 37 heavy (non-hydrogen) atoms. The quantitative estimate of drug-likeness (QED) is 0.445. The average Bonchev–Trinajstić information content (AvgIpc) is 2.84. The van der Waals surface area contributed by atoms with Crippen molar-refractivity contribution in [3.05, 3.63) is 57.0 Å². The maximum atomic E-state index is 15.3. The smallest absolute Gasteiger partial charge is 0.410 e. The number of amides is 1. The van der Waals surface area contributed by atoms with E-state index in [-0.39, 0.29) is 54.5 Å². The number of ether oxygens (including phenoxy) is 2.